The maximum absolute atomic E-state index is 5.58. The summed E-state index contributed by atoms with van der Waals surface area (Å²) in [6.07, 6.45) is 16.5. The Kier molecular flexibility index (Phi) is 13.4. The summed E-state index contributed by atoms with van der Waals surface area (Å²) in [7, 11) is 0. The molecule has 0 N–H and O–H groups in total. The molecule has 2 rings (SSSR count). The van der Waals surface area contributed by atoms with Crippen LogP contribution in [0.1, 0.15) is 102 Å². The van der Waals surface area contributed by atoms with Crippen LogP contribution in [0.15, 0.2) is 21.9 Å². The lowest BCUT2D eigenvalue weighted by Gasteiger charge is -2.12. The van der Waals surface area contributed by atoms with Crippen LogP contribution in [0.3, 0.4) is 0 Å². The van der Waals surface area contributed by atoms with Crippen LogP contribution in [-0.2, 0) is 5.75 Å². The molecule has 158 valence electrons. The molecule has 0 nitrogen and oxygen atoms in total. The first-order chi connectivity index (χ1) is 13.8. The van der Waals surface area contributed by atoms with E-state index in [1.54, 1.807) is 0 Å². The molecule has 0 radical (unpaired) electrons. The highest BCUT2D eigenvalue weighted by atomic mass is 32.2. The van der Waals surface area contributed by atoms with Crippen molar-refractivity contribution in [2.24, 2.45) is 0 Å². The van der Waals surface area contributed by atoms with Gasteiger partial charge in [0, 0.05) is 21.1 Å². The van der Waals surface area contributed by atoms with E-state index in [4.69, 9.17) is 12.2 Å². The molecule has 4 heteroatoms. The molecule has 0 aromatic heterocycles. The van der Waals surface area contributed by atoms with Crippen molar-refractivity contribution in [3.8, 4) is 0 Å². The molecule has 1 aromatic carbocycles. The Morgan fingerprint density at radius 1 is 0.750 bits per heavy atom. The largest absolute Gasteiger partial charge is 0.125 e. The molecule has 0 bridgehead atoms. The number of thioether (sulfide) groups is 3. The molecule has 0 fully saturated rings. The van der Waals surface area contributed by atoms with E-state index in [1.807, 2.05) is 11.8 Å². The van der Waals surface area contributed by atoms with Crippen molar-refractivity contribution in [3.05, 3.63) is 23.3 Å². The van der Waals surface area contributed by atoms with Gasteiger partial charge in [0.15, 0.2) is 0 Å². The van der Waals surface area contributed by atoms with Crippen molar-refractivity contribution < 1.29 is 0 Å². The van der Waals surface area contributed by atoms with E-state index in [2.05, 4.69) is 49.5 Å². The average molecular weight is 455 g/mol. The molecule has 0 saturated heterocycles. The predicted octanol–water partition coefficient (Wildman–Crippen LogP) is 9.51. The van der Waals surface area contributed by atoms with Crippen molar-refractivity contribution in [1.82, 2.24) is 0 Å². The van der Waals surface area contributed by atoms with E-state index in [1.165, 1.54) is 109 Å². The first kappa shape index (κ1) is 24.6. The van der Waals surface area contributed by atoms with E-state index in [0.717, 1.165) is 9.95 Å². The minimum atomic E-state index is 1.07. The Hall–Kier alpha value is 0.360. The number of rotatable bonds is 16. The van der Waals surface area contributed by atoms with Gasteiger partial charge in [0.1, 0.15) is 0 Å². The Balaban J connectivity index is 1.81. The third-order valence-corrected chi connectivity index (χ3v) is 9.18. The molecule has 0 aliphatic carbocycles. The molecule has 1 heterocycles. The second-order valence-electron chi connectivity index (χ2n) is 7.76. The van der Waals surface area contributed by atoms with Crippen LogP contribution in [0, 0.1) is 0 Å². The number of hydrogen-bond donors (Lipinski definition) is 0. The van der Waals surface area contributed by atoms with Gasteiger partial charge in [-0.2, -0.15) is 0 Å². The highest BCUT2D eigenvalue weighted by Crippen LogP contribution is 2.40. The summed E-state index contributed by atoms with van der Waals surface area (Å²) in [5, 5.41) is 0. The van der Waals surface area contributed by atoms with Gasteiger partial charge in [-0.3, -0.25) is 0 Å². The maximum Gasteiger partial charge on any atom is 0.0785 e. The van der Waals surface area contributed by atoms with E-state index in [9.17, 15) is 0 Å². The Morgan fingerprint density at radius 2 is 1.25 bits per heavy atom. The fourth-order valence-corrected chi connectivity index (χ4v) is 7.04. The Bertz CT molecular complexity index is 582. The van der Waals surface area contributed by atoms with Gasteiger partial charge in [0.25, 0.3) is 0 Å². The topological polar surface area (TPSA) is 0 Å². The number of unbranched alkanes of at least 4 members (excludes halogenated alkanes) is 10. The maximum atomic E-state index is 5.58. The highest BCUT2D eigenvalue weighted by Gasteiger charge is 2.20. The molecular weight excluding hydrogens is 417 g/mol. The van der Waals surface area contributed by atoms with Gasteiger partial charge < -0.3 is 0 Å². The normalized spacial score (nSPS) is 13.3. The first-order valence-electron chi connectivity index (χ1n) is 11.4. The van der Waals surface area contributed by atoms with Crippen LogP contribution < -0.4 is 0 Å². The molecular formula is C24H38S4. The van der Waals surface area contributed by atoms with Gasteiger partial charge in [-0.15, -0.1) is 35.3 Å². The van der Waals surface area contributed by atoms with Crippen molar-refractivity contribution in [3.63, 3.8) is 0 Å². The van der Waals surface area contributed by atoms with Crippen LogP contribution in [0.5, 0.6) is 0 Å². The molecule has 1 aliphatic heterocycles. The zero-order valence-electron chi connectivity index (χ0n) is 17.9. The second-order valence-corrected chi connectivity index (χ2v) is 11.7. The van der Waals surface area contributed by atoms with Crippen LogP contribution in [0.4, 0.5) is 0 Å². The van der Waals surface area contributed by atoms with Crippen molar-refractivity contribution >= 4 is 51.7 Å². The number of benzene rings is 1. The molecule has 0 saturated carbocycles. The van der Waals surface area contributed by atoms with Gasteiger partial charge in [0.05, 0.1) is 4.20 Å². The smallest absolute Gasteiger partial charge is 0.0785 e. The zero-order valence-corrected chi connectivity index (χ0v) is 21.2. The molecule has 0 spiro atoms. The molecule has 0 atom stereocenters. The molecule has 1 aliphatic rings. The fraction of sp³-hybridized carbons (Fsp3) is 0.708. The standard InChI is InChI=1S/C24H38S4/c1-3-5-7-9-11-13-15-26-22-17-20-19-28-24(25)21(20)18-23(22)27-16-14-12-10-8-6-4-2/h17-18H,3-16,19H2,1-2H3. The zero-order chi connectivity index (χ0) is 20.0. The quantitative estimate of drug-likeness (QED) is 0.138. The van der Waals surface area contributed by atoms with E-state index in [-0.39, 0.29) is 0 Å². The second kappa shape index (κ2) is 15.2. The Labute approximate surface area is 192 Å². The summed E-state index contributed by atoms with van der Waals surface area (Å²) in [5.41, 5.74) is 2.80. The third kappa shape index (κ3) is 9.02. The number of fused-ring (bicyclic) bond motifs is 1. The van der Waals surface area contributed by atoms with Gasteiger partial charge in [0.2, 0.25) is 0 Å². The predicted molar refractivity (Wildman–Crippen MR) is 138 cm³/mol. The summed E-state index contributed by atoms with van der Waals surface area (Å²) in [5.74, 6) is 3.57. The van der Waals surface area contributed by atoms with E-state index in [0.29, 0.717) is 0 Å². The molecule has 0 unspecified atom stereocenters. The van der Waals surface area contributed by atoms with Crippen molar-refractivity contribution in [2.45, 2.75) is 106 Å². The van der Waals surface area contributed by atoms with Crippen LogP contribution >= 0.6 is 47.5 Å². The first-order valence-corrected chi connectivity index (χ1v) is 14.7. The van der Waals surface area contributed by atoms with Crippen molar-refractivity contribution in [2.75, 3.05) is 11.5 Å². The summed E-state index contributed by atoms with van der Waals surface area (Å²) >= 11 is 11.6. The molecule has 0 amide bonds. The van der Waals surface area contributed by atoms with Crippen LogP contribution in [0.25, 0.3) is 0 Å². The minimum Gasteiger partial charge on any atom is -0.125 e. The summed E-state index contributed by atoms with van der Waals surface area (Å²) in [6, 6.07) is 4.86. The van der Waals surface area contributed by atoms with Crippen LogP contribution in [-0.4, -0.2) is 15.7 Å². The van der Waals surface area contributed by atoms with Gasteiger partial charge in [-0.05, 0) is 42.0 Å². The number of hydrogen-bond acceptors (Lipinski definition) is 4. The monoisotopic (exact) mass is 454 g/mol. The minimum absolute atomic E-state index is 1.07. The third-order valence-electron chi connectivity index (χ3n) is 5.26. The van der Waals surface area contributed by atoms with Gasteiger partial charge in [-0.1, -0.05) is 90.3 Å². The number of thiocarbonyl (C=S) groups is 1. The average Bonchev–Trinajstić information content (AvgIpc) is 3.06. The lowest BCUT2D eigenvalue weighted by molar-refractivity contribution is 0.626. The lowest BCUT2D eigenvalue weighted by Crippen LogP contribution is -1.93. The molecule has 1 aromatic rings. The van der Waals surface area contributed by atoms with E-state index >= 15 is 0 Å². The summed E-state index contributed by atoms with van der Waals surface area (Å²) < 4.78 is 1.10. The summed E-state index contributed by atoms with van der Waals surface area (Å²) in [6.45, 7) is 4.58. The highest BCUT2D eigenvalue weighted by molar-refractivity contribution is 8.23. The van der Waals surface area contributed by atoms with Crippen molar-refractivity contribution in [1.29, 1.82) is 0 Å². The van der Waals surface area contributed by atoms with Crippen LogP contribution in [0.2, 0.25) is 0 Å². The molecule has 28 heavy (non-hydrogen) atoms. The summed E-state index contributed by atoms with van der Waals surface area (Å²) in [4.78, 5) is 2.99. The SMILES string of the molecule is CCCCCCCCSc1cc2c(cc1SCCCCCCCC)C(=S)SC2. The Morgan fingerprint density at radius 3 is 1.82 bits per heavy atom. The van der Waals surface area contributed by atoms with E-state index < -0.39 is 0 Å². The van der Waals surface area contributed by atoms with Gasteiger partial charge in [-0.25, -0.2) is 0 Å². The fourth-order valence-electron chi connectivity index (χ4n) is 3.49. The lowest BCUT2D eigenvalue weighted by atomic mass is 10.1. The van der Waals surface area contributed by atoms with Gasteiger partial charge >= 0.3 is 0 Å².